The van der Waals surface area contributed by atoms with Crippen molar-refractivity contribution >= 4 is 41.3 Å². The van der Waals surface area contributed by atoms with Crippen LogP contribution in [-0.2, 0) is 13.0 Å². The molecule has 24 heavy (non-hydrogen) atoms. The Labute approximate surface area is 165 Å². The first-order chi connectivity index (χ1) is 11.3. The van der Waals surface area contributed by atoms with Crippen molar-refractivity contribution in [1.29, 1.82) is 0 Å². The fourth-order valence-electron chi connectivity index (χ4n) is 2.23. The molecule has 0 radical (unpaired) electrons. The maximum Gasteiger partial charge on any atom is 0.190 e. The number of aromatic nitrogens is 3. The highest BCUT2D eigenvalue weighted by Gasteiger charge is 2.00. The number of aliphatic imine (C=N–C) groups is 1. The molecule has 2 aromatic rings. The van der Waals surface area contributed by atoms with Gasteiger partial charge in [0.1, 0.15) is 0 Å². The minimum atomic E-state index is 0. The molecule has 0 unspecified atom stereocenters. The molecule has 2 rings (SSSR count). The molecule has 0 amide bonds. The van der Waals surface area contributed by atoms with Crippen LogP contribution in [0.5, 0.6) is 0 Å². The molecule has 0 bridgehead atoms. The van der Waals surface area contributed by atoms with Gasteiger partial charge in [-0.15, -0.1) is 35.3 Å². The quantitative estimate of drug-likeness (QED) is 0.260. The molecule has 134 valence electrons. The summed E-state index contributed by atoms with van der Waals surface area (Å²) >= 11 is 1.76. The first-order valence-corrected chi connectivity index (χ1v) is 8.99. The molecule has 0 saturated carbocycles. The normalized spacial score (nSPS) is 11.2. The molecule has 6 nitrogen and oxygen atoms in total. The van der Waals surface area contributed by atoms with E-state index in [1.807, 2.05) is 23.9 Å². The van der Waals surface area contributed by atoms with Gasteiger partial charge in [-0.05, 0) is 38.7 Å². The monoisotopic (exact) mass is 462 g/mol. The summed E-state index contributed by atoms with van der Waals surface area (Å²) in [4.78, 5) is 8.73. The van der Waals surface area contributed by atoms with Gasteiger partial charge in [0.2, 0.25) is 0 Å². The number of unbranched alkanes of at least 4 members (excludes halogenated alkanes) is 1. The van der Waals surface area contributed by atoms with E-state index >= 15 is 0 Å². The number of nitrogens with zero attached hydrogens (tertiary/aromatic N) is 4. The average molecular weight is 462 g/mol. The van der Waals surface area contributed by atoms with Crippen LogP contribution in [0.4, 0.5) is 0 Å². The molecule has 2 N–H and O–H groups in total. The number of nitrogens with one attached hydrogen (secondary N) is 2. The molecule has 0 aliphatic heterocycles. The van der Waals surface area contributed by atoms with Gasteiger partial charge in [-0.1, -0.05) is 0 Å². The summed E-state index contributed by atoms with van der Waals surface area (Å²) in [7, 11) is 1.81. The molecule has 2 heterocycles. The number of thiazole rings is 1. The number of halogens is 1. The van der Waals surface area contributed by atoms with Crippen molar-refractivity contribution in [3.63, 3.8) is 0 Å². The highest BCUT2D eigenvalue weighted by molar-refractivity contribution is 14.0. The van der Waals surface area contributed by atoms with Crippen LogP contribution in [0.15, 0.2) is 28.8 Å². The fraction of sp³-hybridized carbons (Fsp3) is 0.562. The number of hydrogen-bond donors (Lipinski definition) is 2. The predicted octanol–water partition coefficient (Wildman–Crippen LogP) is 2.84. The van der Waals surface area contributed by atoms with E-state index < -0.39 is 0 Å². The fourth-order valence-corrected chi connectivity index (χ4v) is 3.04. The van der Waals surface area contributed by atoms with E-state index in [1.165, 1.54) is 5.01 Å². The standard InChI is InChI=1S/C16H26N6S.HI/c1-14-13-23-15(21-14)7-3-4-8-18-16(17-2)19-9-5-11-22-12-6-10-20-22;/h6,10,12-13H,3-5,7-9,11H2,1-2H3,(H2,17,18,19);1H. The second kappa shape index (κ2) is 12.2. The summed E-state index contributed by atoms with van der Waals surface area (Å²) in [6, 6.07) is 1.95. The lowest BCUT2D eigenvalue weighted by molar-refractivity contribution is 0.569. The average Bonchev–Trinajstić information content (AvgIpc) is 3.20. The Hall–Kier alpha value is -1.16. The molecule has 2 aromatic heterocycles. The summed E-state index contributed by atoms with van der Waals surface area (Å²) in [5.41, 5.74) is 1.13. The third-order valence-electron chi connectivity index (χ3n) is 3.42. The van der Waals surface area contributed by atoms with Crippen molar-refractivity contribution in [3.8, 4) is 0 Å². The first-order valence-electron chi connectivity index (χ1n) is 8.11. The molecular weight excluding hydrogens is 435 g/mol. The van der Waals surface area contributed by atoms with Crippen molar-refractivity contribution < 1.29 is 0 Å². The lowest BCUT2D eigenvalue weighted by Gasteiger charge is -2.11. The topological polar surface area (TPSA) is 67.1 Å². The van der Waals surface area contributed by atoms with Gasteiger partial charge in [0, 0.05) is 50.1 Å². The van der Waals surface area contributed by atoms with Crippen molar-refractivity contribution in [2.45, 2.75) is 39.2 Å². The smallest absolute Gasteiger partial charge is 0.190 e. The minimum absolute atomic E-state index is 0. The van der Waals surface area contributed by atoms with Gasteiger partial charge >= 0.3 is 0 Å². The van der Waals surface area contributed by atoms with E-state index in [9.17, 15) is 0 Å². The van der Waals surface area contributed by atoms with Gasteiger partial charge in [0.25, 0.3) is 0 Å². The zero-order valence-electron chi connectivity index (χ0n) is 14.4. The molecule has 0 aliphatic carbocycles. The Morgan fingerprint density at radius 1 is 1.25 bits per heavy atom. The van der Waals surface area contributed by atoms with Crippen LogP contribution in [0.25, 0.3) is 0 Å². The third kappa shape index (κ3) is 8.09. The van der Waals surface area contributed by atoms with Crippen LogP contribution in [0.1, 0.15) is 30.0 Å². The summed E-state index contributed by atoms with van der Waals surface area (Å²) in [6.07, 6.45) is 8.14. The van der Waals surface area contributed by atoms with Crippen LogP contribution in [-0.4, -0.2) is 40.9 Å². The molecule has 0 aliphatic rings. The Bertz CT molecular complexity index is 581. The Balaban J connectivity index is 0.00000288. The summed E-state index contributed by atoms with van der Waals surface area (Å²) in [5.74, 6) is 0.871. The van der Waals surface area contributed by atoms with Gasteiger partial charge in [-0.2, -0.15) is 5.10 Å². The zero-order valence-corrected chi connectivity index (χ0v) is 17.5. The van der Waals surface area contributed by atoms with Crippen LogP contribution in [0, 0.1) is 6.92 Å². The van der Waals surface area contributed by atoms with Crippen molar-refractivity contribution in [2.24, 2.45) is 4.99 Å². The highest BCUT2D eigenvalue weighted by atomic mass is 127. The van der Waals surface area contributed by atoms with Gasteiger partial charge in [0.15, 0.2) is 5.96 Å². The van der Waals surface area contributed by atoms with E-state index in [4.69, 9.17) is 0 Å². The lowest BCUT2D eigenvalue weighted by atomic mass is 10.2. The van der Waals surface area contributed by atoms with E-state index in [-0.39, 0.29) is 24.0 Å². The second-order valence-electron chi connectivity index (χ2n) is 5.39. The largest absolute Gasteiger partial charge is 0.356 e. The summed E-state index contributed by atoms with van der Waals surface area (Å²) < 4.78 is 1.94. The molecule has 0 atom stereocenters. The highest BCUT2D eigenvalue weighted by Crippen LogP contribution is 2.11. The van der Waals surface area contributed by atoms with Gasteiger partial charge in [-0.25, -0.2) is 4.98 Å². The number of hydrogen-bond acceptors (Lipinski definition) is 4. The van der Waals surface area contributed by atoms with Gasteiger partial charge < -0.3 is 10.6 Å². The van der Waals surface area contributed by atoms with Crippen molar-refractivity contribution in [1.82, 2.24) is 25.4 Å². The maximum absolute atomic E-state index is 4.49. The summed E-state index contributed by atoms with van der Waals surface area (Å²) in [5, 5.41) is 14.2. The Morgan fingerprint density at radius 3 is 2.67 bits per heavy atom. The lowest BCUT2D eigenvalue weighted by Crippen LogP contribution is -2.38. The van der Waals surface area contributed by atoms with Crippen molar-refractivity contribution in [3.05, 3.63) is 34.5 Å². The number of guanidine groups is 1. The van der Waals surface area contributed by atoms with E-state index in [0.29, 0.717) is 0 Å². The predicted molar refractivity (Wildman–Crippen MR) is 111 cm³/mol. The summed E-state index contributed by atoms with van der Waals surface area (Å²) in [6.45, 7) is 4.79. The van der Waals surface area contributed by atoms with E-state index in [2.05, 4.69) is 31.1 Å². The SMILES string of the molecule is CN=C(NCCCCc1nc(C)cs1)NCCCn1cccn1.I. The molecule has 8 heteroatoms. The molecular formula is C16H27IN6S. The first kappa shape index (κ1) is 20.9. The van der Waals surface area contributed by atoms with Gasteiger partial charge in [-0.3, -0.25) is 9.67 Å². The number of rotatable bonds is 9. The maximum atomic E-state index is 4.49. The molecule has 0 fully saturated rings. The van der Waals surface area contributed by atoms with Crippen LogP contribution < -0.4 is 10.6 Å². The van der Waals surface area contributed by atoms with Crippen molar-refractivity contribution in [2.75, 3.05) is 20.1 Å². The van der Waals surface area contributed by atoms with Gasteiger partial charge in [0.05, 0.1) is 5.01 Å². The van der Waals surface area contributed by atoms with E-state index in [0.717, 1.165) is 57.0 Å². The van der Waals surface area contributed by atoms with E-state index in [1.54, 1.807) is 24.6 Å². The minimum Gasteiger partial charge on any atom is -0.356 e. The van der Waals surface area contributed by atoms with Crippen LogP contribution >= 0.6 is 35.3 Å². The van der Waals surface area contributed by atoms with Crippen LogP contribution in [0.2, 0.25) is 0 Å². The zero-order chi connectivity index (χ0) is 16.3. The molecule has 0 aromatic carbocycles. The second-order valence-corrected chi connectivity index (χ2v) is 6.33. The third-order valence-corrected chi connectivity index (χ3v) is 4.44. The Kier molecular flexibility index (Phi) is 10.6. The molecule has 0 saturated heterocycles. The van der Waals surface area contributed by atoms with Crippen LogP contribution in [0.3, 0.4) is 0 Å². The molecule has 0 spiro atoms. The number of aryl methyl sites for hydroxylation is 3. The Morgan fingerprint density at radius 2 is 2.04 bits per heavy atom.